The molecular formula is C19H19FN2O. The molecule has 0 radical (unpaired) electrons. The van der Waals surface area contributed by atoms with Crippen molar-refractivity contribution in [3.05, 3.63) is 65.0 Å². The summed E-state index contributed by atoms with van der Waals surface area (Å²) in [5.41, 5.74) is 2.84. The lowest BCUT2D eigenvalue weighted by Crippen LogP contribution is -2.36. The number of benzene rings is 2. The van der Waals surface area contributed by atoms with Crippen LogP contribution < -0.4 is 4.74 Å². The van der Waals surface area contributed by atoms with Crippen molar-refractivity contribution in [3.63, 3.8) is 0 Å². The van der Waals surface area contributed by atoms with Gasteiger partial charge in [0.1, 0.15) is 24.2 Å². The van der Waals surface area contributed by atoms with E-state index >= 15 is 0 Å². The number of nitriles is 1. The standard InChI is InChI=1S/C19H19FN2O/c1-14-18-12-17(20)7-6-15(18)8-9-22(14)10-11-23-19-5-3-2-4-16(19)13-21/h2-7,12,14H,8-11H2,1H3. The minimum atomic E-state index is -0.184. The summed E-state index contributed by atoms with van der Waals surface area (Å²) in [6.45, 7) is 4.29. The normalized spacial score (nSPS) is 17.3. The van der Waals surface area contributed by atoms with E-state index in [0.29, 0.717) is 17.9 Å². The highest BCUT2D eigenvalue weighted by molar-refractivity contribution is 5.42. The van der Waals surface area contributed by atoms with Gasteiger partial charge in [0.15, 0.2) is 0 Å². The number of rotatable bonds is 4. The second-order valence-electron chi connectivity index (χ2n) is 5.76. The van der Waals surface area contributed by atoms with Crippen LogP contribution >= 0.6 is 0 Å². The first-order chi connectivity index (χ1) is 11.2. The van der Waals surface area contributed by atoms with Crippen molar-refractivity contribution in [2.45, 2.75) is 19.4 Å². The first kappa shape index (κ1) is 15.5. The van der Waals surface area contributed by atoms with Gasteiger partial charge in [-0.1, -0.05) is 18.2 Å². The van der Waals surface area contributed by atoms with Crippen molar-refractivity contribution < 1.29 is 9.13 Å². The average molecular weight is 310 g/mol. The SMILES string of the molecule is CC1c2cc(F)ccc2CCN1CCOc1ccccc1C#N. The fraction of sp³-hybridized carbons (Fsp3) is 0.316. The number of hydrogen-bond donors (Lipinski definition) is 0. The molecule has 0 bridgehead atoms. The fourth-order valence-corrected chi connectivity index (χ4v) is 3.10. The van der Waals surface area contributed by atoms with Gasteiger partial charge in [0.25, 0.3) is 0 Å². The van der Waals surface area contributed by atoms with Crippen LogP contribution in [0.25, 0.3) is 0 Å². The second-order valence-corrected chi connectivity index (χ2v) is 5.76. The Hall–Kier alpha value is -2.38. The zero-order valence-corrected chi connectivity index (χ0v) is 13.1. The highest BCUT2D eigenvalue weighted by Crippen LogP contribution is 2.29. The molecule has 0 saturated carbocycles. The molecular weight excluding hydrogens is 291 g/mol. The first-order valence-corrected chi connectivity index (χ1v) is 7.83. The Morgan fingerprint density at radius 3 is 2.96 bits per heavy atom. The summed E-state index contributed by atoms with van der Waals surface area (Å²) in [4.78, 5) is 2.29. The Labute approximate surface area is 135 Å². The van der Waals surface area contributed by atoms with Crippen molar-refractivity contribution in [2.75, 3.05) is 19.7 Å². The molecule has 3 rings (SSSR count). The highest BCUT2D eigenvalue weighted by Gasteiger charge is 2.23. The lowest BCUT2D eigenvalue weighted by molar-refractivity contribution is 0.159. The van der Waals surface area contributed by atoms with Crippen LogP contribution in [0.1, 0.15) is 29.7 Å². The number of para-hydroxylation sites is 1. The molecule has 2 aromatic rings. The van der Waals surface area contributed by atoms with Crippen LogP contribution in [0.15, 0.2) is 42.5 Å². The van der Waals surface area contributed by atoms with E-state index in [1.54, 1.807) is 12.1 Å². The number of ether oxygens (including phenoxy) is 1. The minimum Gasteiger partial charge on any atom is -0.491 e. The predicted molar refractivity (Wildman–Crippen MR) is 86.7 cm³/mol. The minimum absolute atomic E-state index is 0.171. The molecule has 1 atom stereocenters. The summed E-state index contributed by atoms with van der Waals surface area (Å²) in [5, 5.41) is 9.07. The van der Waals surface area contributed by atoms with Crippen molar-refractivity contribution in [2.24, 2.45) is 0 Å². The van der Waals surface area contributed by atoms with Gasteiger partial charge in [0, 0.05) is 19.1 Å². The molecule has 1 heterocycles. The van der Waals surface area contributed by atoms with Crippen molar-refractivity contribution in [1.29, 1.82) is 5.26 Å². The van der Waals surface area contributed by atoms with Gasteiger partial charge in [-0.25, -0.2) is 4.39 Å². The van der Waals surface area contributed by atoms with Gasteiger partial charge in [-0.05, 0) is 48.7 Å². The second kappa shape index (κ2) is 6.80. The zero-order valence-electron chi connectivity index (χ0n) is 13.1. The lowest BCUT2D eigenvalue weighted by atomic mass is 9.93. The van der Waals surface area contributed by atoms with E-state index in [1.807, 2.05) is 24.3 Å². The summed E-state index contributed by atoms with van der Waals surface area (Å²) in [5.74, 6) is 0.433. The van der Waals surface area contributed by atoms with Crippen LogP contribution in [0, 0.1) is 17.1 Å². The molecule has 0 saturated heterocycles. The van der Waals surface area contributed by atoms with Crippen LogP contribution in [0.4, 0.5) is 4.39 Å². The molecule has 0 aromatic heterocycles. The molecule has 23 heavy (non-hydrogen) atoms. The Balaban J connectivity index is 1.62. The summed E-state index contributed by atoms with van der Waals surface area (Å²) < 4.78 is 19.2. The molecule has 0 spiro atoms. The van der Waals surface area contributed by atoms with E-state index in [4.69, 9.17) is 10.00 Å². The third-order valence-corrected chi connectivity index (χ3v) is 4.42. The van der Waals surface area contributed by atoms with Crippen LogP contribution in [0.5, 0.6) is 5.75 Å². The predicted octanol–water partition coefficient (Wildman–Crippen LogP) is 3.70. The van der Waals surface area contributed by atoms with Gasteiger partial charge >= 0.3 is 0 Å². The molecule has 0 fully saturated rings. The Morgan fingerprint density at radius 1 is 1.30 bits per heavy atom. The van der Waals surface area contributed by atoms with Crippen molar-refractivity contribution in [1.82, 2.24) is 4.90 Å². The molecule has 4 heteroatoms. The zero-order chi connectivity index (χ0) is 16.2. The van der Waals surface area contributed by atoms with Crippen LogP contribution in [0.2, 0.25) is 0 Å². The van der Waals surface area contributed by atoms with Gasteiger partial charge < -0.3 is 4.74 Å². The maximum atomic E-state index is 13.5. The molecule has 1 aliphatic heterocycles. The third kappa shape index (κ3) is 3.35. The van der Waals surface area contributed by atoms with E-state index in [1.165, 1.54) is 11.6 Å². The smallest absolute Gasteiger partial charge is 0.137 e. The number of hydrogen-bond acceptors (Lipinski definition) is 3. The molecule has 1 aliphatic rings. The topological polar surface area (TPSA) is 36.3 Å². The maximum absolute atomic E-state index is 13.5. The lowest BCUT2D eigenvalue weighted by Gasteiger charge is -2.35. The summed E-state index contributed by atoms with van der Waals surface area (Å²) >= 11 is 0. The molecule has 0 amide bonds. The Morgan fingerprint density at radius 2 is 2.13 bits per heavy atom. The first-order valence-electron chi connectivity index (χ1n) is 7.83. The van der Waals surface area contributed by atoms with Gasteiger partial charge in [-0.15, -0.1) is 0 Å². The monoisotopic (exact) mass is 310 g/mol. The third-order valence-electron chi connectivity index (χ3n) is 4.42. The molecule has 2 aromatic carbocycles. The quantitative estimate of drug-likeness (QED) is 0.864. The largest absolute Gasteiger partial charge is 0.491 e. The summed E-state index contributed by atoms with van der Waals surface area (Å²) in [6.07, 6.45) is 0.925. The molecule has 1 unspecified atom stereocenters. The van der Waals surface area contributed by atoms with Gasteiger partial charge in [-0.3, -0.25) is 4.90 Å². The average Bonchev–Trinajstić information content (AvgIpc) is 2.58. The van der Waals surface area contributed by atoms with Gasteiger partial charge in [0.05, 0.1) is 5.56 Å². The van der Waals surface area contributed by atoms with E-state index in [9.17, 15) is 4.39 Å². The Bertz CT molecular complexity index is 738. The van der Waals surface area contributed by atoms with Crippen LogP contribution in [-0.4, -0.2) is 24.6 Å². The Kier molecular flexibility index (Phi) is 4.59. The fourth-order valence-electron chi connectivity index (χ4n) is 3.10. The van der Waals surface area contributed by atoms with E-state index in [2.05, 4.69) is 17.9 Å². The molecule has 118 valence electrons. The van der Waals surface area contributed by atoms with Gasteiger partial charge in [0.2, 0.25) is 0 Å². The molecule has 3 nitrogen and oxygen atoms in total. The summed E-state index contributed by atoms with van der Waals surface area (Å²) in [6, 6.07) is 14.6. The maximum Gasteiger partial charge on any atom is 0.137 e. The van der Waals surface area contributed by atoms with E-state index in [0.717, 1.165) is 25.1 Å². The van der Waals surface area contributed by atoms with E-state index in [-0.39, 0.29) is 11.9 Å². The van der Waals surface area contributed by atoms with Crippen LogP contribution in [-0.2, 0) is 6.42 Å². The van der Waals surface area contributed by atoms with Crippen LogP contribution in [0.3, 0.4) is 0 Å². The summed E-state index contributed by atoms with van der Waals surface area (Å²) in [7, 11) is 0. The number of nitrogens with zero attached hydrogens (tertiary/aromatic N) is 2. The molecule has 0 aliphatic carbocycles. The van der Waals surface area contributed by atoms with Crippen molar-refractivity contribution in [3.8, 4) is 11.8 Å². The van der Waals surface area contributed by atoms with E-state index < -0.39 is 0 Å². The number of halogens is 1. The van der Waals surface area contributed by atoms with Gasteiger partial charge in [-0.2, -0.15) is 5.26 Å². The highest BCUT2D eigenvalue weighted by atomic mass is 19.1. The van der Waals surface area contributed by atoms with Crippen molar-refractivity contribution >= 4 is 0 Å². The molecule has 0 N–H and O–H groups in total. The number of fused-ring (bicyclic) bond motifs is 1.